The molecule has 0 rings (SSSR count). The molecule has 0 aromatic heterocycles. The second kappa shape index (κ2) is 50.3. The van der Waals surface area contributed by atoms with Crippen LogP contribution in [0.15, 0.2) is 36.5 Å². The molecule has 0 aliphatic carbocycles. The molecular weight excluding hydrogens is 757 g/mol. The Balaban J connectivity index is 4.36. The zero-order valence-corrected chi connectivity index (χ0v) is 40.7. The Morgan fingerprint density at radius 2 is 0.590 bits per heavy atom. The molecule has 0 N–H and O–H groups in total. The van der Waals surface area contributed by atoms with E-state index < -0.39 is 6.10 Å². The summed E-state index contributed by atoms with van der Waals surface area (Å²) in [4.78, 5) is 38.0. The van der Waals surface area contributed by atoms with Crippen molar-refractivity contribution in [3.05, 3.63) is 36.5 Å². The van der Waals surface area contributed by atoms with Crippen molar-refractivity contribution in [3.8, 4) is 0 Å². The van der Waals surface area contributed by atoms with Gasteiger partial charge in [-0.05, 0) is 77.0 Å². The Hall–Kier alpha value is -2.37. The number of esters is 3. The molecule has 0 aromatic carbocycles. The lowest BCUT2D eigenvalue weighted by Crippen LogP contribution is -2.30. The molecule has 0 radical (unpaired) electrons. The topological polar surface area (TPSA) is 78.9 Å². The van der Waals surface area contributed by atoms with Gasteiger partial charge in [-0.2, -0.15) is 0 Å². The number of hydrogen-bond donors (Lipinski definition) is 0. The minimum Gasteiger partial charge on any atom is -0.462 e. The Bertz CT molecular complexity index is 1030. The lowest BCUT2D eigenvalue weighted by molar-refractivity contribution is -0.167. The van der Waals surface area contributed by atoms with Crippen LogP contribution in [0, 0.1) is 0 Å². The first-order chi connectivity index (χ1) is 30.0. The second-order valence-corrected chi connectivity index (χ2v) is 17.8. The summed E-state index contributed by atoms with van der Waals surface area (Å²) in [5.74, 6) is -0.885. The van der Waals surface area contributed by atoms with Gasteiger partial charge in [0.2, 0.25) is 0 Å². The van der Waals surface area contributed by atoms with Crippen molar-refractivity contribution in [1.82, 2.24) is 0 Å². The highest BCUT2D eigenvalue weighted by molar-refractivity contribution is 5.71. The minimum absolute atomic E-state index is 0.0764. The largest absolute Gasteiger partial charge is 0.462 e. The van der Waals surface area contributed by atoms with Crippen LogP contribution in [-0.4, -0.2) is 37.2 Å². The SMILES string of the molecule is CCCCC/C=C\C/C=C\CCCCCCCC(=O)O[C@H](COC(=O)CCCCCCCCC/C=C\CCCCCCCC)COC(=O)CCCCCCCCCCCCC. The van der Waals surface area contributed by atoms with Crippen LogP contribution in [0.25, 0.3) is 0 Å². The summed E-state index contributed by atoms with van der Waals surface area (Å²) < 4.78 is 16.8. The fraction of sp³-hybridized carbons (Fsp3) is 0.836. The summed E-state index contributed by atoms with van der Waals surface area (Å²) in [6.07, 6.45) is 58.4. The number of rotatable bonds is 48. The average molecular weight is 857 g/mol. The van der Waals surface area contributed by atoms with Crippen molar-refractivity contribution in [2.45, 2.75) is 284 Å². The molecule has 356 valence electrons. The molecule has 0 bridgehead atoms. The van der Waals surface area contributed by atoms with Crippen molar-refractivity contribution in [2.24, 2.45) is 0 Å². The number of carbonyl (C=O) groups excluding carboxylic acids is 3. The predicted molar refractivity (Wildman–Crippen MR) is 261 cm³/mol. The number of unbranched alkanes of at least 4 members (excludes halogenated alkanes) is 31. The molecule has 1 atom stereocenters. The van der Waals surface area contributed by atoms with E-state index in [1.54, 1.807) is 0 Å². The molecule has 6 heteroatoms. The first-order valence-electron chi connectivity index (χ1n) is 26.5. The van der Waals surface area contributed by atoms with Gasteiger partial charge in [-0.25, -0.2) is 0 Å². The molecule has 61 heavy (non-hydrogen) atoms. The summed E-state index contributed by atoms with van der Waals surface area (Å²) in [5.41, 5.74) is 0. The third kappa shape index (κ3) is 48.5. The Labute approximate surface area is 378 Å². The molecular formula is C55H100O6. The summed E-state index contributed by atoms with van der Waals surface area (Å²) in [5, 5.41) is 0. The average Bonchev–Trinajstić information content (AvgIpc) is 3.26. The van der Waals surface area contributed by atoms with E-state index in [1.807, 2.05) is 0 Å². The summed E-state index contributed by atoms with van der Waals surface area (Å²) >= 11 is 0. The number of hydrogen-bond acceptors (Lipinski definition) is 6. The molecule has 0 saturated carbocycles. The summed E-state index contributed by atoms with van der Waals surface area (Å²) in [6.45, 7) is 6.61. The highest BCUT2D eigenvalue weighted by atomic mass is 16.6. The van der Waals surface area contributed by atoms with Gasteiger partial charge in [0.25, 0.3) is 0 Å². The molecule has 0 aliphatic rings. The van der Waals surface area contributed by atoms with Crippen LogP contribution in [0.1, 0.15) is 278 Å². The Morgan fingerprint density at radius 3 is 0.951 bits per heavy atom. The van der Waals surface area contributed by atoms with E-state index in [2.05, 4.69) is 57.2 Å². The molecule has 0 spiro atoms. The van der Waals surface area contributed by atoms with Crippen molar-refractivity contribution in [3.63, 3.8) is 0 Å². The van der Waals surface area contributed by atoms with E-state index in [0.29, 0.717) is 19.3 Å². The van der Waals surface area contributed by atoms with Crippen LogP contribution in [0.3, 0.4) is 0 Å². The lowest BCUT2D eigenvalue weighted by atomic mass is 10.1. The van der Waals surface area contributed by atoms with Gasteiger partial charge in [0.15, 0.2) is 6.10 Å². The van der Waals surface area contributed by atoms with Crippen LogP contribution in [-0.2, 0) is 28.6 Å². The first-order valence-corrected chi connectivity index (χ1v) is 26.5. The van der Waals surface area contributed by atoms with Crippen molar-refractivity contribution in [1.29, 1.82) is 0 Å². The zero-order chi connectivity index (χ0) is 44.4. The van der Waals surface area contributed by atoms with Gasteiger partial charge in [0.05, 0.1) is 0 Å². The smallest absolute Gasteiger partial charge is 0.306 e. The van der Waals surface area contributed by atoms with Gasteiger partial charge in [0.1, 0.15) is 13.2 Å². The van der Waals surface area contributed by atoms with Crippen molar-refractivity contribution < 1.29 is 28.6 Å². The van der Waals surface area contributed by atoms with E-state index in [1.165, 1.54) is 154 Å². The molecule has 0 unspecified atom stereocenters. The van der Waals surface area contributed by atoms with Crippen LogP contribution < -0.4 is 0 Å². The number of allylic oxidation sites excluding steroid dienone is 6. The maximum atomic E-state index is 12.8. The Morgan fingerprint density at radius 1 is 0.328 bits per heavy atom. The van der Waals surface area contributed by atoms with Crippen LogP contribution in [0.4, 0.5) is 0 Å². The highest BCUT2D eigenvalue weighted by Crippen LogP contribution is 2.15. The first kappa shape index (κ1) is 58.6. The third-order valence-corrected chi connectivity index (χ3v) is 11.6. The molecule has 0 aliphatic heterocycles. The zero-order valence-electron chi connectivity index (χ0n) is 40.7. The second-order valence-electron chi connectivity index (χ2n) is 17.8. The number of carbonyl (C=O) groups is 3. The van der Waals surface area contributed by atoms with Gasteiger partial charge < -0.3 is 14.2 Å². The summed E-state index contributed by atoms with van der Waals surface area (Å²) in [7, 11) is 0. The van der Waals surface area contributed by atoms with Gasteiger partial charge in [0, 0.05) is 19.3 Å². The normalized spacial score (nSPS) is 12.2. The third-order valence-electron chi connectivity index (χ3n) is 11.6. The van der Waals surface area contributed by atoms with Gasteiger partial charge >= 0.3 is 17.9 Å². The monoisotopic (exact) mass is 857 g/mol. The highest BCUT2D eigenvalue weighted by Gasteiger charge is 2.19. The van der Waals surface area contributed by atoms with E-state index >= 15 is 0 Å². The van der Waals surface area contributed by atoms with E-state index in [4.69, 9.17) is 14.2 Å². The fourth-order valence-electron chi connectivity index (χ4n) is 7.59. The predicted octanol–water partition coefficient (Wildman–Crippen LogP) is 17.3. The maximum Gasteiger partial charge on any atom is 0.306 e. The number of ether oxygens (including phenoxy) is 3. The van der Waals surface area contributed by atoms with E-state index in [9.17, 15) is 14.4 Å². The molecule has 0 amide bonds. The van der Waals surface area contributed by atoms with E-state index in [0.717, 1.165) is 83.5 Å². The molecule has 0 aromatic rings. The standard InChI is InChI=1S/C55H100O6/c1-4-7-10-13-16-19-22-24-26-27-29-30-33-36-39-42-45-48-54(57)60-51-52(50-59-53(56)47-44-41-38-35-32-21-18-15-12-9-6-3)61-55(58)49-46-43-40-37-34-31-28-25-23-20-17-14-11-8-5-2/h17,20,24-26,28,52H,4-16,18-19,21-23,27,29-51H2,1-3H3/b20-17-,26-24-,28-25-/t52-/m0/s1. The maximum absolute atomic E-state index is 12.8. The molecule has 0 saturated heterocycles. The van der Waals surface area contributed by atoms with E-state index in [-0.39, 0.29) is 31.1 Å². The molecule has 0 heterocycles. The lowest BCUT2D eigenvalue weighted by Gasteiger charge is -2.18. The van der Waals surface area contributed by atoms with Gasteiger partial charge in [-0.3, -0.25) is 14.4 Å². The van der Waals surface area contributed by atoms with Crippen LogP contribution in [0.2, 0.25) is 0 Å². The molecule has 0 fully saturated rings. The van der Waals surface area contributed by atoms with Crippen molar-refractivity contribution >= 4 is 17.9 Å². The Kier molecular flexibility index (Phi) is 48.3. The fourth-order valence-corrected chi connectivity index (χ4v) is 7.59. The summed E-state index contributed by atoms with van der Waals surface area (Å²) in [6, 6.07) is 0. The van der Waals surface area contributed by atoms with Crippen LogP contribution in [0.5, 0.6) is 0 Å². The van der Waals surface area contributed by atoms with Crippen molar-refractivity contribution in [2.75, 3.05) is 13.2 Å². The van der Waals surface area contributed by atoms with Gasteiger partial charge in [-0.1, -0.05) is 218 Å². The van der Waals surface area contributed by atoms with Crippen LogP contribution >= 0.6 is 0 Å². The minimum atomic E-state index is -0.777. The molecule has 6 nitrogen and oxygen atoms in total. The quantitative estimate of drug-likeness (QED) is 0.0262. The van der Waals surface area contributed by atoms with Gasteiger partial charge in [-0.15, -0.1) is 0 Å².